The van der Waals surface area contributed by atoms with Crippen LogP contribution < -0.4 is 0 Å². The van der Waals surface area contributed by atoms with Gasteiger partial charge in [-0.1, -0.05) is 0 Å². The molecule has 0 aromatic carbocycles. The summed E-state index contributed by atoms with van der Waals surface area (Å²) in [5.41, 5.74) is 0. The van der Waals surface area contributed by atoms with Crippen LogP contribution in [0.1, 0.15) is 32.1 Å². The topological polar surface area (TPSA) is 57.9 Å². The van der Waals surface area contributed by atoms with Crippen LogP contribution in [0.15, 0.2) is 0 Å². The van der Waals surface area contributed by atoms with E-state index < -0.39 is 5.92 Å². The molecular weight excluding hydrogens is 154 g/mol. The van der Waals surface area contributed by atoms with Crippen molar-refractivity contribution in [2.75, 3.05) is 0 Å². The molecule has 64 valence electrons. The van der Waals surface area contributed by atoms with Gasteiger partial charge in [-0.05, 0) is 12.8 Å². The average molecular weight is 165 g/mol. The first-order valence-electron chi connectivity index (χ1n) is 4.18. The quantitative estimate of drug-likeness (QED) is 0.578. The van der Waals surface area contributed by atoms with Gasteiger partial charge in [-0.25, -0.2) is 0 Å². The zero-order valence-corrected chi connectivity index (χ0v) is 6.88. The number of nitriles is 1. The van der Waals surface area contributed by atoms with E-state index in [-0.39, 0.29) is 11.6 Å². The third kappa shape index (κ3) is 1.91. The van der Waals surface area contributed by atoms with Crippen molar-refractivity contribution in [3.05, 3.63) is 0 Å². The highest BCUT2D eigenvalue weighted by Crippen LogP contribution is 2.21. The van der Waals surface area contributed by atoms with Crippen LogP contribution in [0, 0.1) is 17.2 Å². The number of carbonyl (C=O) groups excluding carboxylic acids is 2. The van der Waals surface area contributed by atoms with E-state index in [2.05, 4.69) is 0 Å². The second-order valence-corrected chi connectivity index (χ2v) is 3.04. The van der Waals surface area contributed by atoms with Crippen molar-refractivity contribution < 1.29 is 9.59 Å². The molecule has 0 heterocycles. The minimum Gasteiger partial charge on any atom is -0.299 e. The Hall–Kier alpha value is -1.17. The van der Waals surface area contributed by atoms with Crippen molar-refractivity contribution in [2.24, 2.45) is 5.92 Å². The van der Waals surface area contributed by atoms with Crippen molar-refractivity contribution in [2.45, 2.75) is 32.1 Å². The van der Waals surface area contributed by atoms with Gasteiger partial charge < -0.3 is 0 Å². The maximum atomic E-state index is 11.2. The number of rotatable bonds is 2. The molecule has 0 aromatic rings. The molecule has 3 nitrogen and oxygen atoms in total. The molecule has 1 saturated carbocycles. The lowest BCUT2D eigenvalue weighted by Gasteiger charge is -2.17. The number of hydrogen-bond acceptors (Lipinski definition) is 3. The molecule has 1 aliphatic rings. The van der Waals surface area contributed by atoms with Crippen LogP contribution in [-0.2, 0) is 9.59 Å². The number of hydrogen-bond donors (Lipinski definition) is 0. The van der Waals surface area contributed by atoms with E-state index >= 15 is 0 Å². The lowest BCUT2D eigenvalue weighted by atomic mass is 9.84. The van der Waals surface area contributed by atoms with Gasteiger partial charge in [0.2, 0.25) is 0 Å². The lowest BCUT2D eigenvalue weighted by molar-refractivity contribution is -0.135. The maximum Gasteiger partial charge on any atom is 0.143 e. The minimum atomic E-state index is -0.460. The Balaban J connectivity index is 2.52. The standard InChI is InChI=1S/C9H11NO2/c10-6-2-3-7-8(11)4-1-5-9(7)12/h7H,1-5H2. The molecule has 0 radical (unpaired) electrons. The second-order valence-electron chi connectivity index (χ2n) is 3.04. The van der Waals surface area contributed by atoms with E-state index in [0.717, 1.165) is 0 Å². The average Bonchev–Trinajstić information content (AvgIpc) is 2.04. The second kappa shape index (κ2) is 4.01. The van der Waals surface area contributed by atoms with Crippen molar-refractivity contribution in [3.63, 3.8) is 0 Å². The lowest BCUT2D eigenvalue weighted by Crippen LogP contribution is -2.28. The van der Waals surface area contributed by atoms with E-state index in [9.17, 15) is 9.59 Å². The van der Waals surface area contributed by atoms with Gasteiger partial charge in [-0.15, -0.1) is 0 Å². The van der Waals surface area contributed by atoms with Crippen LogP contribution >= 0.6 is 0 Å². The molecule has 0 atom stereocenters. The predicted molar refractivity (Wildman–Crippen MR) is 42.2 cm³/mol. The molecular formula is C9H11NO2. The summed E-state index contributed by atoms with van der Waals surface area (Å²) in [5.74, 6) is -0.401. The van der Waals surface area contributed by atoms with Crippen LogP contribution in [-0.4, -0.2) is 11.6 Å². The van der Waals surface area contributed by atoms with Crippen molar-refractivity contribution in [1.29, 1.82) is 5.26 Å². The Morgan fingerprint density at radius 2 is 1.92 bits per heavy atom. The summed E-state index contributed by atoms with van der Waals surface area (Å²) in [6.07, 6.45) is 2.46. The Labute approximate surface area is 71.4 Å². The molecule has 0 unspecified atom stereocenters. The highest BCUT2D eigenvalue weighted by molar-refractivity contribution is 6.04. The monoisotopic (exact) mass is 165 g/mol. The van der Waals surface area contributed by atoms with Crippen molar-refractivity contribution in [1.82, 2.24) is 0 Å². The third-order valence-corrected chi connectivity index (χ3v) is 2.17. The number of ketones is 2. The van der Waals surface area contributed by atoms with Crippen molar-refractivity contribution >= 4 is 11.6 Å². The summed E-state index contributed by atoms with van der Waals surface area (Å²) in [6, 6.07) is 1.95. The largest absolute Gasteiger partial charge is 0.299 e. The zero-order chi connectivity index (χ0) is 8.97. The predicted octanol–water partition coefficient (Wildman–Crippen LogP) is 1.23. The highest BCUT2D eigenvalue weighted by Gasteiger charge is 2.28. The first-order valence-corrected chi connectivity index (χ1v) is 4.18. The summed E-state index contributed by atoms with van der Waals surface area (Å²) in [7, 11) is 0. The van der Waals surface area contributed by atoms with Gasteiger partial charge in [0.15, 0.2) is 0 Å². The van der Waals surface area contributed by atoms with E-state index in [1.54, 1.807) is 0 Å². The van der Waals surface area contributed by atoms with E-state index in [0.29, 0.717) is 32.1 Å². The molecule has 0 aliphatic heterocycles. The third-order valence-electron chi connectivity index (χ3n) is 2.17. The van der Waals surface area contributed by atoms with Crippen LogP contribution in [0.4, 0.5) is 0 Å². The van der Waals surface area contributed by atoms with Gasteiger partial charge in [-0.3, -0.25) is 9.59 Å². The van der Waals surface area contributed by atoms with Gasteiger partial charge in [0, 0.05) is 19.3 Å². The zero-order valence-electron chi connectivity index (χ0n) is 6.88. The molecule has 0 N–H and O–H groups in total. The van der Waals surface area contributed by atoms with Gasteiger partial charge in [0.25, 0.3) is 0 Å². The molecule has 0 aromatic heterocycles. The van der Waals surface area contributed by atoms with Crippen LogP contribution in [0.3, 0.4) is 0 Å². The molecule has 1 rings (SSSR count). The SMILES string of the molecule is N#CCCC1C(=O)CCCC1=O. The fraction of sp³-hybridized carbons (Fsp3) is 0.667. The molecule has 3 heteroatoms. The molecule has 0 bridgehead atoms. The number of carbonyl (C=O) groups is 2. The molecule has 1 fully saturated rings. The summed E-state index contributed by atoms with van der Waals surface area (Å²) in [5, 5.41) is 8.30. The molecule has 0 saturated heterocycles. The van der Waals surface area contributed by atoms with E-state index in [1.165, 1.54) is 0 Å². The summed E-state index contributed by atoms with van der Waals surface area (Å²) < 4.78 is 0. The summed E-state index contributed by atoms with van der Waals surface area (Å²) in [4.78, 5) is 22.4. The Kier molecular flexibility index (Phi) is 2.98. The van der Waals surface area contributed by atoms with Crippen LogP contribution in [0.2, 0.25) is 0 Å². The minimum absolute atomic E-state index is 0.0292. The molecule has 1 aliphatic carbocycles. The first kappa shape index (κ1) is 8.92. The highest BCUT2D eigenvalue weighted by atomic mass is 16.2. The van der Waals surface area contributed by atoms with Crippen LogP contribution in [0.5, 0.6) is 0 Å². The van der Waals surface area contributed by atoms with Crippen LogP contribution in [0.25, 0.3) is 0 Å². The van der Waals surface area contributed by atoms with Gasteiger partial charge in [-0.2, -0.15) is 5.26 Å². The number of nitrogens with zero attached hydrogens (tertiary/aromatic N) is 1. The van der Waals surface area contributed by atoms with E-state index in [4.69, 9.17) is 5.26 Å². The molecule has 0 spiro atoms. The van der Waals surface area contributed by atoms with E-state index in [1.807, 2.05) is 6.07 Å². The van der Waals surface area contributed by atoms with Gasteiger partial charge in [0.1, 0.15) is 11.6 Å². The fourth-order valence-corrected chi connectivity index (χ4v) is 1.50. The maximum absolute atomic E-state index is 11.2. The summed E-state index contributed by atoms with van der Waals surface area (Å²) in [6.45, 7) is 0. The first-order chi connectivity index (χ1) is 5.75. The fourth-order valence-electron chi connectivity index (χ4n) is 1.50. The normalized spacial score (nSPS) is 19.2. The summed E-state index contributed by atoms with van der Waals surface area (Å²) >= 11 is 0. The Bertz CT molecular complexity index is 223. The smallest absolute Gasteiger partial charge is 0.143 e. The Morgan fingerprint density at radius 3 is 2.42 bits per heavy atom. The number of Topliss-reactive ketones (excluding diaryl/α,β-unsaturated/α-hetero) is 2. The van der Waals surface area contributed by atoms with Crippen molar-refractivity contribution in [3.8, 4) is 6.07 Å². The molecule has 0 amide bonds. The Morgan fingerprint density at radius 1 is 1.33 bits per heavy atom. The van der Waals surface area contributed by atoms with Gasteiger partial charge >= 0.3 is 0 Å². The van der Waals surface area contributed by atoms with Gasteiger partial charge in [0.05, 0.1) is 12.0 Å². The molecule has 12 heavy (non-hydrogen) atoms.